The fourth-order valence-electron chi connectivity index (χ4n) is 10.3. The summed E-state index contributed by atoms with van der Waals surface area (Å²) < 4.78 is 0. The smallest absolute Gasteiger partial charge is 0.194 e. The van der Waals surface area contributed by atoms with Crippen molar-refractivity contribution in [1.29, 1.82) is 0 Å². The minimum Gasteiger partial charge on any atom is -0.289 e. The fraction of sp³-hybridized carbons (Fsp3) is 0.492. The van der Waals surface area contributed by atoms with Gasteiger partial charge in [-0.3, -0.25) is 4.79 Å². The zero-order valence-corrected chi connectivity index (χ0v) is 46.8. The Hall–Kier alpha value is -3.61. The molecule has 374 valence electrons. The van der Waals surface area contributed by atoms with E-state index in [1.54, 1.807) is 0 Å². The SMILES string of the molecule is CCCCCCCCc1ccsc1C=Cc1sc(-c2ccc3c(c2)C(=O)c2cc(-c4cc(CCCCCCCC)c(C=Cc5sccc5CCCCCCCC)s4)ccc2-3)cc1CCCCCCCC. The van der Waals surface area contributed by atoms with Gasteiger partial charge in [-0.25, -0.2) is 0 Å². The molecule has 0 saturated heterocycles. The first-order valence-electron chi connectivity index (χ1n) is 28.1. The number of carbonyl (C=O) groups excluding carboxylic acids is 1. The molecule has 4 heterocycles. The molecule has 0 bridgehead atoms. The van der Waals surface area contributed by atoms with Crippen molar-refractivity contribution < 1.29 is 4.79 Å². The van der Waals surface area contributed by atoms with Crippen LogP contribution < -0.4 is 0 Å². The van der Waals surface area contributed by atoms with Gasteiger partial charge in [0.05, 0.1) is 0 Å². The van der Waals surface area contributed by atoms with E-state index in [0.717, 1.165) is 46.2 Å². The Morgan fingerprint density at radius 3 is 1.04 bits per heavy atom. The predicted molar refractivity (Wildman–Crippen MR) is 317 cm³/mol. The van der Waals surface area contributed by atoms with Gasteiger partial charge >= 0.3 is 0 Å². The molecule has 0 N–H and O–H groups in total. The standard InChI is InChI=1S/C65H84OS4/c1-5-9-13-17-21-25-29-49-41-43-67-59(49)37-39-61-51(31-27-23-19-15-11-7-3)47-63(69-61)53-33-35-55-56-36-34-54(46-58(56)65(66)57(55)45-53)64-48-52(32-28-24-20-16-12-8-4)62(70-64)40-38-60-50(42-44-68-60)30-26-22-18-14-10-6-2/h33-48H,5-32H2,1-4H3. The van der Waals surface area contributed by atoms with E-state index in [1.165, 1.54) is 218 Å². The Morgan fingerprint density at radius 2 is 0.671 bits per heavy atom. The van der Waals surface area contributed by atoms with Crippen LogP contribution >= 0.6 is 45.3 Å². The first-order chi connectivity index (χ1) is 34.5. The molecular formula is C65H84OS4. The van der Waals surface area contributed by atoms with Crippen LogP contribution in [0.1, 0.15) is 239 Å². The third kappa shape index (κ3) is 15.7. The quantitative estimate of drug-likeness (QED) is 0.0368. The van der Waals surface area contributed by atoms with E-state index in [1.807, 2.05) is 45.3 Å². The molecule has 0 atom stereocenters. The van der Waals surface area contributed by atoms with Crippen molar-refractivity contribution >= 4 is 75.4 Å². The van der Waals surface area contributed by atoms with E-state index in [9.17, 15) is 4.79 Å². The van der Waals surface area contributed by atoms with Crippen molar-refractivity contribution in [2.24, 2.45) is 0 Å². The number of hydrogen-bond acceptors (Lipinski definition) is 5. The lowest BCUT2D eigenvalue weighted by atomic mass is 10.0. The van der Waals surface area contributed by atoms with Gasteiger partial charge in [0.25, 0.3) is 0 Å². The predicted octanol–water partition coefficient (Wildman–Crippen LogP) is 22.4. The van der Waals surface area contributed by atoms with E-state index >= 15 is 0 Å². The number of thiophene rings is 4. The second-order valence-corrected chi connectivity index (χ2v) is 24.3. The highest BCUT2D eigenvalue weighted by molar-refractivity contribution is 7.17. The molecule has 0 fully saturated rings. The Morgan fingerprint density at radius 1 is 0.343 bits per heavy atom. The fourth-order valence-corrected chi connectivity index (χ4v) is 14.2. The lowest BCUT2D eigenvalue weighted by Crippen LogP contribution is -1.95. The largest absolute Gasteiger partial charge is 0.289 e. The van der Waals surface area contributed by atoms with Crippen LogP contribution in [0, 0.1) is 0 Å². The number of hydrogen-bond donors (Lipinski definition) is 0. The zero-order valence-electron chi connectivity index (χ0n) is 43.6. The number of fused-ring (bicyclic) bond motifs is 3. The van der Waals surface area contributed by atoms with E-state index in [4.69, 9.17) is 0 Å². The molecule has 70 heavy (non-hydrogen) atoms. The summed E-state index contributed by atoms with van der Waals surface area (Å²) in [5.74, 6) is 0.160. The summed E-state index contributed by atoms with van der Waals surface area (Å²) in [4.78, 5) is 22.6. The van der Waals surface area contributed by atoms with Gasteiger partial charge in [-0.05, 0) is 167 Å². The van der Waals surface area contributed by atoms with Gasteiger partial charge in [0.15, 0.2) is 5.78 Å². The van der Waals surface area contributed by atoms with Gasteiger partial charge in [0.2, 0.25) is 0 Å². The average Bonchev–Trinajstić information content (AvgIpc) is 4.24. The van der Waals surface area contributed by atoms with Gasteiger partial charge in [-0.15, -0.1) is 45.3 Å². The van der Waals surface area contributed by atoms with Crippen LogP contribution in [0.4, 0.5) is 0 Å². The van der Waals surface area contributed by atoms with Crippen molar-refractivity contribution in [1.82, 2.24) is 0 Å². The van der Waals surface area contributed by atoms with Crippen LogP contribution in [-0.2, 0) is 25.7 Å². The first-order valence-corrected chi connectivity index (χ1v) is 31.5. The summed E-state index contributed by atoms with van der Waals surface area (Å²) in [7, 11) is 0. The minimum absolute atomic E-state index is 0.160. The molecule has 0 radical (unpaired) electrons. The third-order valence-corrected chi connectivity index (χ3v) is 18.8. The molecule has 1 aliphatic carbocycles. The molecule has 0 spiro atoms. The summed E-state index contributed by atoms with van der Waals surface area (Å²) in [5, 5.41) is 4.55. The molecule has 0 aliphatic heterocycles. The Bertz CT molecular complexity index is 2370. The highest BCUT2D eigenvalue weighted by atomic mass is 32.1. The first kappa shape index (κ1) is 54.2. The molecule has 6 aromatic rings. The Balaban J connectivity index is 1.08. The van der Waals surface area contributed by atoms with Crippen LogP contribution in [-0.4, -0.2) is 5.78 Å². The summed E-state index contributed by atoms with van der Waals surface area (Å²) >= 11 is 7.55. The number of ketones is 1. The normalized spacial score (nSPS) is 12.4. The molecule has 0 saturated carbocycles. The second kappa shape index (κ2) is 29.8. The second-order valence-electron chi connectivity index (χ2n) is 20.2. The van der Waals surface area contributed by atoms with Crippen LogP contribution in [0.15, 0.2) is 71.4 Å². The molecule has 2 aromatic carbocycles. The maximum absolute atomic E-state index is 14.5. The van der Waals surface area contributed by atoms with Gasteiger partial charge in [-0.2, -0.15) is 0 Å². The number of rotatable bonds is 34. The van der Waals surface area contributed by atoms with E-state index < -0.39 is 0 Å². The molecule has 1 nitrogen and oxygen atoms in total. The van der Waals surface area contributed by atoms with E-state index in [-0.39, 0.29) is 5.78 Å². The van der Waals surface area contributed by atoms with Gasteiger partial charge in [0.1, 0.15) is 0 Å². The number of unbranched alkanes of at least 4 members (excludes halogenated alkanes) is 20. The molecule has 4 aromatic heterocycles. The molecule has 0 amide bonds. The monoisotopic (exact) mass is 1010 g/mol. The summed E-state index contributed by atoms with van der Waals surface area (Å²) in [6, 6.07) is 22.9. The van der Waals surface area contributed by atoms with Crippen LogP contribution in [0.5, 0.6) is 0 Å². The summed E-state index contributed by atoms with van der Waals surface area (Å²) in [6.07, 6.45) is 45.7. The Kier molecular flexibility index (Phi) is 23.1. The van der Waals surface area contributed by atoms with E-state index in [2.05, 4.69) is 123 Å². The maximum atomic E-state index is 14.5. The molecular weight excluding hydrogens is 925 g/mol. The molecule has 0 unspecified atom stereocenters. The molecule has 1 aliphatic rings. The molecule has 7 rings (SSSR count). The number of aryl methyl sites for hydroxylation is 4. The van der Waals surface area contributed by atoms with Crippen LogP contribution in [0.3, 0.4) is 0 Å². The highest BCUT2D eigenvalue weighted by Crippen LogP contribution is 2.44. The summed E-state index contributed by atoms with van der Waals surface area (Å²) in [6.45, 7) is 9.18. The van der Waals surface area contributed by atoms with Crippen molar-refractivity contribution in [3.05, 3.63) is 124 Å². The van der Waals surface area contributed by atoms with E-state index in [0.29, 0.717) is 0 Å². The van der Waals surface area contributed by atoms with Crippen LogP contribution in [0.25, 0.3) is 56.3 Å². The van der Waals surface area contributed by atoms with Crippen molar-refractivity contribution in [2.75, 3.05) is 0 Å². The van der Waals surface area contributed by atoms with Crippen molar-refractivity contribution in [3.8, 4) is 32.0 Å². The third-order valence-electron chi connectivity index (χ3n) is 14.6. The maximum Gasteiger partial charge on any atom is 0.194 e. The summed E-state index contributed by atoms with van der Waals surface area (Å²) in [5.41, 5.74) is 12.0. The topological polar surface area (TPSA) is 17.1 Å². The lowest BCUT2D eigenvalue weighted by Gasteiger charge is -2.04. The number of carbonyl (C=O) groups is 1. The van der Waals surface area contributed by atoms with Gasteiger partial charge in [0, 0.05) is 40.4 Å². The van der Waals surface area contributed by atoms with Gasteiger partial charge in [-0.1, -0.05) is 180 Å². The Labute approximate surface area is 441 Å². The highest BCUT2D eigenvalue weighted by Gasteiger charge is 2.28. The van der Waals surface area contributed by atoms with Crippen molar-refractivity contribution in [2.45, 2.75) is 207 Å². The number of benzene rings is 2. The van der Waals surface area contributed by atoms with Crippen LogP contribution in [0.2, 0.25) is 0 Å². The minimum atomic E-state index is 0.160. The molecule has 5 heteroatoms. The zero-order chi connectivity index (χ0) is 48.8. The average molecular weight is 1010 g/mol. The van der Waals surface area contributed by atoms with Crippen molar-refractivity contribution in [3.63, 3.8) is 0 Å². The lowest BCUT2D eigenvalue weighted by molar-refractivity contribution is 0.104. The van der Waals surface area contributed by atoms with Gasteiger partial charge < -0.3 is 0 Å².